The fourth-order valence-corrected chi connectivity index (χ4v) is 2.44. The highest BCUT2D eigenvalue weighted by Crippen LogP contribution is 2.19. The van der Waals surface area contributed by atoms with Gasteiger partial charge >= 0.3 is 0 Å². The molecule has 0 radical (unpaired) electrons. The van der Waals surface area contributed by atoms with Crippen molar-refractivity contribution in [2.75, 3.05) is 32.8 Å². The normalized spacial score (nSPS) is 16.9. The molecule has 4 heteroatoms. The number of nitrogens with zero attached hydrogens (tertiary/aromatic N) is 1. The number of piperazine rings is 1. The lowest BCUT2D eigenvalue weighted by Crippen LogP contribution is -2.48. The van der Waals surface area contributed by atoms with Crippen LogP contribution in [0.3, 0.4) is 0 Å². The third-order valence-corrected chi connectivity index (χ3v) is 3.67. The Morgan fingerprint density at radius 2 is 2.05 bits per heavy atom. The Hall–Kier alpha value is -1.55. The molecule has 1 aromatic rings. The summed E-state index contributed by atoms with van der Waals surface area (Å²) >= 11 is 0. The molecule has 1 fully saturated rings. The number of aryl methyl sites for hydroxylation is 2. The zero-order valence-electron chi connectivity index (χ0n) is 12.6. The van der Waals surface area contributed by atoms with Crippen LogP contribution in [0, 0.1) is 19.8 Å². The maximum absolute atomic E-state index is 12.3. The first-order chi connectivity index (χ1) is 9.58. The van der Waals surface area contributed by atoms with Crippen molar-refractivity contribution in [3.05, 3.63) is 29.3 Å². The minimum absolute atomic E-state index is 0.103. The molecule has 0 spiro atoms. The van der Waals surface area contributed by atoms with Gasteiger partial charge in [-0.05, 0) is 25.5 Å². The summed E-state index contributed by atoms with van der Waals surface area (Å²) < 4.78 is 5.80. The van der Waals surface area contributed by atoms with E-state index in [-0.39, 0.29) is 11.8 Å². The summed E-state index contributed by atoms with van der Waals surface area (Å²) in [7, 11) is 0. The zero-order chi connectivity index (χ0) is 14.5. The number of hydrogen-bond donors (Lipinski definition) is 1. The van der Waals surface area contributed by atoms with Crippen molar-refractivity contribution < 1.29 is 9.53 Å². The highest BCUT2D eigenvalue weighted by molar-refractivity contribution is 5.78. The minimum atomic E-state index is -0.103. The van der Waals surface area contributed by atoms with Crippen LogP contribution < -0.4 is 10.1 Å². The van der Waals surface area contributed by atoms with Crippen LogP contribution in [0.4, 0.5) is 0 Å². The maximum Gasteiger partial charge on any atom is 0.228 e. The van der Waals surface area contributed by atoms with Crippen LogP contribution in [0.2, 0.25) is 0 Å². The van der Waals surface area contributed by atoms with Gasteiger partial charge < -0.3 is 15.0 Å². The summed E-state index contributed by atoms with van der Waals surface area (Å²) in [5, 5.41) is 3.25. The van der Waals surface area contributed by atoms with E-state index < -0.39 is 0 Å². The van der Waals surface area contributed by atoms with E-state index in [2.05, 4.69) is 18.3 Å². The SMILES string of the molecule is Cc1ccc(OCC(C)C(=O)N2CCNCC2)c(C)c1. The monoisotopic (exact) mass is 276 g/mol. The first-order valence-corrected chi connectivity index (χ1v) is 7.27. The largest absolute Gasteiger partial charge is 0.493 e. The molecule has 0 aliphatic carbocycles. The Morgan fingerprint density at radius 3 is 2.70 bits per heavy atom. The number of ether oxygens (including phenoxy) is 1. The van der Waals surface area contributed by atoms with Gasteiger partial charge in [-0.15, -0.1) is 0 Å². The number of benzene rings is 1. The molecule has 1 aliphatic rings. The van der Waals surface area contributed by atoms with E-state index in [1.54, 1.807) is 0 Å². The second-order valence-corrected chi connectivity index (χ2v) is 5.56. The lowest BCUT2D eigenvalue weighted by atomic mass is 10.1. The molecule has 2 rings (SSSR count). The molecular weight excluding hydrogens is 252 g/mol. The quantitative estimate of drug-likeness (QED) is 0.911. The summed E-state index contributed by atoms with van der Waals surface area (Å²) in [6.07, 6.45) is 0. The van der Waals surface area contributed by atoms with E-state index in [4.69, 9.17) is 4.74 Å². The number of carbonyl (C=O) groups excluding carboxylic acids is 1. The topological polar surface area (TPSA) is 41.6 Å². The Balaban J connectivity index is 1.87. The van der Waals surface area contributed by atoms with Crippen molar-refractivity contribution in [1.82, 2.24) is 10.2 Å². The molecule has 20 heavy (non-hydrogen) atoms. The van der Waals surface area contributed by atoms with E-state index in [0.29, 0.717) is 6.61 Å². The second-order valence-electron chi connectivity index (χ2n) is 5.56. The van der Waals surface area contributed by atoms with Crippen LogP contribution in [0.1, 0.15) is 18.1 Å². The predicted octanol–water partition coefficient (Wildman–Crippen LogP) is 1.75. The van der Waals surface area contributed by atoms with Crippen molar-refractivity contribution in [3.8, 4) is 5.75 Å². The van der Waals surface area contributed by atoms with E-state index in [1.807, 2.05) is 30.9 Å². The standard InChI is InChI=1S/C16H24N2O2/c1-12-4-5-15(13(2)10-12)20-11-14(3)16(19)18-8-6-17-7-9-18/h4-5,10,14,17H,6-9,11H2,1-3H3. The number of nitrogens with one attached hydrogen (secondary N) is 1. The van der Waals surface area contributed by atoms with Crippen LogP contribution >= 0.6 is 0 Å². The van der Waals surface area contributed by atoms with Gasteiger partial charge in [0.15, 0.2) is 0 Å². The van der Waals surface area contributed by atoms with Gasteiger partial charge in [-0.1, -0.05) is 24.6 Å². The van der Waals surface area contributed by atoms with E-state index >= 15 is 0 Å². The molecule has 0 aromatic heterocycles. The molecule has 4 nitrogen and oxygen atoms in total. The molecule has 1 heterocycles. The molecule has 0 bridgehead atoms. The number of rotatable bonds is 4. The first kappa shape index (κ1) is 14.9. The summed E-state index contributed by atoms with van der Waals surface area (Å²) in [4.78, 5) is 14.2. The maximum atomic E-state index is 12.3. The van der Waals surface area contributed by atoms with E-state index in [0.717, 1.165) is 37.5 Å². The summed E-state index contributed by atoms with van der Waals surface area (Å²) in [5.41, 5.74) is 2.34. The van der Waals surface area contributed by atoms with Crippen LogP contribution in [0.25, 0.3) is 0 Å². The van der Waals surface area contributed by atoms with Crippen molar-refractivity contribution >= 4 is 5.91 Å². The molecule has 1 unspecified atom stereocenters. The Labute approximate surface area is 121 Å². The minimum Gasteiger partial charge on any atom is -0.493 e. The molecule has 1 atom stereocenters. The molecule has 1 N–H and O–H groups in total. The molecule has 1 amide bonds. The molecule has 1 aliphatic heterocycles. The van der Waals surface area contributed by atoms with E-state index in [1.165, 1.54) is 5.56 Å². The first-order valence-electron chi connectivity index (χ1n) is 7.27. The lowest BCUT2D eigenvalue weighted by molar-refractivity contribution is -0.136. The lowest BCUT2D eigenvalue weighted by Gasteiger charge is -2.29. The van der Waals surface area contributed by atoms with Crippen LogP contribution in [0.15, 0.2) is 18.2 Å². The Kier molecular flexibility index (Phi) is 5.01. The van der Waals surface area contributed by atoms with Crippen molar-refractivity contribution in [1.29, 1.82) is 0 Å². The highest BCUT2D eigenvalue weighted by Gasteiger charge is 2.22. The molecular formula is C16H24N2O2. The van der Waals surface area contributed by atoms with Gasteiger partial charge in [-0.2, -0.15) is 0 Å². The van der Waals surface area contributed by atoms with E-state index in [9.17, 15) is 4.79 Å². The van der Waals surface area contributed by atoms with Crippen molar-refractivity contribution in [2.45, 2.75) is 20.8 Å². The second kappa shape index (κ2) is 6.75. The van der Waals surface area contributed by atoms with Crippen molar-refractivity contribution in [3.63, 3.8) is 0 Å². The number of carbonyl (C=O) groups is 1. The Bertz CT molecular complexity index is 468. The molecule has 0 saturated carbocycles. The molecule has 1 aromatic carbocycles. The van der Waals surface area contributed by atoms with Gasteiger partial charge in [0, 0.05) is 26.2 Å². The predicted molar refractivity (Wildman–Crippen MR) is 80.0 cm³/mol. The fraction of sp³-hybridized carbons (Fsp3) is 0.562. The van der Waals surface area contributed by atoms with Gasteiger partial charge in [0.2, 0.25) is 5.91 Å². The molecule has 110 valence electrons. The van der Waals surface area contributed by atoms with Crippen molar-refractivity contribution in [2.24, 2.45) is 5.92 Å². The third-order valence-electron chi connectivity index (χ3n) is 3.67. The van der Waals surface area contributed by atoms with Crippen LogP contribution in [-0.4, -0.2) is 43.6 Å². The summed E-state index contributed by atoms with van der Waals surface area (Å²) in [6, 6.07) is 6.11. The third kappa shape index (κ3) is 3.73. The highest BCUT2D eigenvalue weighted by atomic mass is 16.5. The van der Waals surface area contributed by atoms with Crippen LogP contribution in [0.5, 0.6) is 5.75 Å². The zero-order valence-corrected chi connectivity index (χ0v) is 12.6. The smallest absolute Gasteiger partial charge is 0.228 e. The van der Waals surface area contributed by atoms with Gasteiger partial charge in [0.05, 0.1) is 12.5 Å². The number of amides is 1. The average molecular weight is 276 g/mol. The Morgan fingerprint density at radius 1 is 1.35 bits per heavy atom. The average Bonchev–Trinajstić information content (AvgIpc) is 2.46. The van der Waals surface area contributed by atoms with Gasteiger partial charge in [-0.3, -0.25) is 4.79 Å². The fourth-order valence-electron chi connectivity index (χ4n) is 2.44. The van der Waals surface area contributed by atoms with Gasteiger partial charge in [0.25, 0.3) is 0 Å². The van der Waals surface area contributed by atoms with Crippen LogP contribution in [-0.2, 0) is 4.79 Å². The number of hydrogen-bond acceptors (Lipinski definition) is 3. The summed E-state index contributed by atoms with van der Waals surface area (Å²) in [6.45, 7) is 9.84. The van der Waals surface area contributed by atoms with Gasteiger partial charge in [0.1, 0.15) is 5.75 Å². The van der Waals surface area contributed by atoms with Gasteiger partial charge in [-0.25, -0.2) is 0 Å². The molecule has 1 saturated heterocycles. The summed E-state index contributed by atoms with van der Waals surface area (Å²) in [5.74, 6) is 0.959.